The maximum atomic E-state index is 10.9. The molecule has 4 nitrogen and oxygen atoms in total. The van der Waals surface area contributed by atoms with Gasteiger partial charge in [-0.2, -0.15) is 5.26 Å². The van der Waals surface area contributed by atoms with Crippen molar-refractivity contribution in [2.75, 3.05) is 11.9 Å². The van der Waals surface area contributed by atoms with Gasteiger partial charge in [0, 0.05) is 7.05 Å². The first-order valence-corrected chi connectivity index (χ1v) is 4.93. The molecule has 0 aliphatic carbocycles. The molecule has 0 spiro atoms. The highest BCUT2D eigenvalue weighted by atomic mass is 16.4. The number of carboxylic acids is 1. The van der Waals surface area contributed by atoms with Crippen LogP contribution in [-0.2, 0) is 4.79 Å². The van der Waals surface area contributed by atoms with Crippen LogP contribution in [0.25, 0.3) is 0 Å². The van der Waals surface area contributed by atoms with Crippen molar-refractivity contribution in [1.82, 2.24) is 0 Å². The first kappa shape index (κ1) is 12.1. The lowest BCUT2D eigenvalue weighted by molar-refractivity contribution is -0.138. The summed E-state index contributed by atoms with van der Waals surface area (Å²) in [5.41, 5.74) is 2.14. The number of carbonyl (C=O) groups is 1. The summed E-state index contributed by atoms with van der Waals surface area (Å²) in [6, 6.07) is 6.76. The van der Waals surface area contributed by atoms with Gasteiger partial charge in [-0.3, -0.25) is 0 Å². The minimum absolute atomic E-state index is 0.487. The van der Waals surface area contributed by atoms with Crippen molar-refractivity contribution in [2.45, 2.75) is 19.9 Å². The summed E-state index contributed by atoms with van der Waals surface area (Å²) in [5.74, 6) is -0.909. The topological polar surface area (TPSA) is 64.3 Å². The van der Waals surface area contributed by atoms with Crippen molar-refractivity contribution in [3.05, 3.63) is 29.3 Å². The van der Waals surface area contributed by atoms with Gasteiger partial charge < -0.3 is 10.0 Å². The number of carboxylic acid groups (broad SMARTS) is 1. The Hall–Kier alpha value is -2.02. The standard InChI is InChI=1S/C12H14N2O2/c1-8-4-5-10(7-13)11(6-8)14(3)9(2)12(15)16/h4-6,9H,1-3H3,(H,15,16). The number of nitrogens with zero attached hydrogens (tertiary/aromatic N) is 2. The first-order valence-electron chi connectivity index (χ1n) is 4.93. The van der Waals surface area contributed by atoms with E-state index in [9.17, 15) is 4.79 Å². The molecule has 1 N–H and O–H groups in total. The number of rotatable bonds is 3. The second-order valence-electron chi connectivity index (χ2n) is 3.76. The Balaban J connectivity index is 3.17. The quantitative estimate of drug-likeness (QED) is 0.839. The van der Waals surface area contributed by atoms with Gasteiger partial charge in [-0.1, -0.05) is 6.07 Å². The van der Waals surface area contributed by atoms with E-state index in [0.29, 0.717) is 11.3 Å². The fourth-order valence-electron chi connectivity index (χ4n) is 1.40. The third-order valence-electron chi connectivity index (χ3n) is 2.59. The highest BCUT2D eigenvalue weighted by Gasteiger charge is 2.19. The molecule has 0 fully saturated rings. The summed E-state index contributed by atoms with van der Waals surface area (Å²) in [6.45, 7) is 3.50. The van der Waals surface area contributed by atoms with E-state index in [1.165, 1.54) is 0 Å². The Morgan fingerprint density at radius 1 is 1.56 bits per heavy atom. The van der Waals surface area contributed by atoms with Crippen LogP contribution < -0.4 is 4.90 Å². The first-order chi connectivity index (χ1) is 7.47. The number of likely N-dealkylation sites (N-methyl/N-ethyl adjacent to an activating group) is 1. The van der Waals surface area contributed by atoms with Gasteiger partial charge in [-0.25, -0.2) is 4.79 Å². The van der Waals surface area contributed by atoms with Crippen molar-refractivity contribution < 1.29 is 9.90 Å². The maximum absolute atomic E-state index is 10.9. The van der Waals surface area contributed by atoms with Gasteiger partial charge in [0.2, 0.25) is 0 Å². The summed E-state index contributed by atoms with van der Waals surface area (Å²) in [6.07, 6.45) is 0. The molecular formula is C12H14N2O2. The van der Waals surface area contributed by atoms with Crippen LogP contribution in [0.2, 0.25) is 0 Å². The zero-order valence-corrected chi connectivity index (χ0v) is 9.56. The van der Waals surface area contributed by atoms with Gasteiger partial charge >= 0.3 is 5.97 Å². The van der Waals surface area contributed by atoms with Crippen LogP contribution in [0.15, 0.2) is 18.2 Å². The minimum Gasteiger partial charge on any atom is -0.480 e. The third-order valence-corrected chi connectivity index (χ3v) is 2.59. The molecule has 0 aliphatic heterocycles. The van der Waals surface area contributed by atoms with E-state index in [2.05, 4.69) is 6.07 Å². The van der Waals surface area contributed by atoms with Crippen LogP contribution in [0.3, 0.4) is 0 Å². The Bertz CT molecular complexity index is 449. The summed E-state index contributed by atoms with van der Waals surface area (Å²) < 4.78 is 0. The number of hydrogen-bond donors (Lipinski definition) is 1. The molecule has 84 valence electrons. The normalized spacial score (nSPS) is 11.6. The van der Waals surface area contributed by atoms with E-state index in [-0.39, 0.29) is 0 Å². The van der Waals surface area contributed by atoms with Crippen molar-refractivity contribution in [1.29, 1.82) is 5.26 Å². The van der Waals surface area contributed by atoms with Gasteiger partial charge in [-0.15, -0.1) is 0 Å². The monoisotopic (exact) mass is 218 g/mol. The summed E-state index contributed by atoms with van der Waals surface area (Å²) >= 11 is 0. The Labute approximate surface area is 94.7 Å². The molecule has 1 atom stereocenters. The summed E-state index contributed by atoms with van der Waals surface area (Å²) in [5, 5.41) is 17.9. The molecule has 0 saturated heterocycles. The van der Waals surface area contributed by atoms with Gasteiger partial charge in [0.1, 0.15) is 12.1 Å². The molecular weight excluding hydrogens is 204 g/mol. The lowest BCUT2D eigenvalue weighted by Crippen LogP contribution is -2.36. The molecule has 16 heavy (non-hydrogen) atoms. The average Bonchev–Trinajstić information content (AvgIpc) is 2.26. The summed E-state index contributed by atoms with van der Waals surface area (Å²) in [7, 11) is 1.68. The maximum Gasteiger partial charge on any atom is 0.326 e. The molecule has 0 amide bonds. The van der Waals surface area contributed by atoms with Crippen molar-refractivity contribution >= 4 is 11.7 Å². The number of hydrogen-bond acceptors (Lipinski definition) is 3. The molecule has 0 bridgehead atoms. The highest BCUT2D eigenvalue weighted by Crippen LogP contribution is 2.22. The number of aliphatic carboxylic acids is 1. The van der Waals surface area contributed by atoms with Gasteiger partial charge in [-0.05, 0) is 31.5 Å². The average molecular weight is 218 g/mol. The van der Waals surface area contributed by atoms with E-state index in [0.717, 1.165) is 5.56 Å². The second-order valence-corrected chi connectivity index (χ2v) is 3.76. The Kier molecular flexibility index (Phi) is 3.51. The Morgan fingerprint density at radius 3 is 2.69 bits per heavy atom. The van der Waals surface area contributed by atoms with Crippen LogP contribution in [0.4, 0.5) is 5.69 Å². The van der Waals surface area contributed by atoms with Crippen molar-refractivity contribution in [2.24, 2.45) is 0 Å². The smallest absolute Gasteiger partial charge is 0.326 e. The van der Waals surface area contributed by atoms with Gasteiger partial charge in [0.05, 0.1) is 11.3 Å². The third kappa shape index (κ3) is 2.31. The molecule has 1 rings (SSSR count). The summed E-state index contributed by atoms with van der Waals surface area (Å²) in [4.78, 5) is 12.5. The van der Waals surface area contributed by atoms with Crippen LogP contribution in [0.1, 0.15) is 18.1 Å². The number of benzene rings is 1. The Morgan fingerprint density at radius 2 is 2.19 bits per heavy atom. The second kappa shape index (κ2) is 4.67. The van der Waals surface area contributed by atoms with E-state index in [1.807, 2.05) is 19.1 Å². The van der Waals surface area contributed by atoms with Gasteiger partial charge in [0.15, 0.2) is 0 Å². The SMILES string of the molecule is Cc1ccc(C#N)c(N(C)C(C)C(=O)O)c1. The lowest BCUT2D eigenvalue weighted by atomic mass is 10.1. The molecule has 0 saturated carbocycles. The molecule has 1 aromatic rings. The minimum atomic E-state index is -0.909. The van der Waals surface area contributed by atoms with Gasteiger partial charge in [0.25, 0.3) is 0 Å². The van der Waals surface area contributed by atoms with Crippen molar-refractivity contribution in [3.8, 4) is 6.07 Å². The zero-order chi connectivity index (χ0) is 12.3. The van der Waals surface area contributed by atoms with Crippen LogP contribution in [-0.4, -0.2) is 24.2 Å². The largest absolute Gasteiger partial charge is 0.480 e. The van der Waals surface area contributed by atoms with E-state index in [4.69, 9.17) is 10.4 Å². The number of aryl methyl sites for hydroxylation is 1. The lowest BCUT2D eigenvalue weighted by Gasteiger charge is -2.24. The predicted octanol–water partition coefficient (Wildman–Crippen LogP) is 1.78. The molecule has 0 heterocycles. The number of nitriles is 1. The number of anilines is 1. The van der Waals surface area contributed by atoms with E-state index >= 15 is 0 Å². The predicted molar refractivity (Wildman–Crippen MR) is 61.4 cm³/mol. The zero-order valence-electron chi connectivity index (χ0n) is 9.56. The van der Waals surface area contributed by atoms with Crippen molar-refractivity contribution in [3.63, 3.8) is 0 Å². The van der Waals surface area contributed by atoms with Crippen LogP contribution >= 0.6 is 0 Å². The molecule has 1 unspecified atom stereocenters. The fraction of sp³-hybridized carbons (Fsp3) is 0.333. The molecule has 1 aromatic carbocycles. The van der Waals surface area contributed by atoms with Crippen LogP contribution in [0, 0.1) is 18.3 Å². The molecule has 0 aromatic heterocycles. The molecule has 0 aliphatic rings. The van der Waals surface area contributed by atoms with E-state index in [1.54, 1.807) is 24.9 Å². The highest BCUT2D eigenvalue weighted by molar-refractivity contribution is 5.78. The van der Waals surface area contributed by atoms with Crippen LogP contribution in [0.5, 0.6) is 0 Å². The fourth-order valence-corrected chi connectivity index (χ4v) is 1.40. The molecule has 0 radical (unpaired) electrons. The molecule has 4 heteroatoms. The van der Waals surface area contributed by atoms with E-state index < -0.39 is 12.0 Å².